The molecule has 0 radical (unpaired) electrons. The Kier molecular flexibility index (Phi) is 4.50. The highest BCUT2D eigenvalue weighted by Crippen LogP contribution is 2.06. The van der Waals surface area contributed by atoms with Gasteiger partial charge in [0.15, 0.2) is 5.84 Å². The molecule has 0 aliphatic rings. The van der Waals surface area contributed by atoms with E-state index in [1.807, 2.05) is 0 Å². The Labute approximate surface area is 120 Å². The van der Waals surface area contributed by atoms with Crippen LogP contribution in [-0.4, -0.2) is 17.0 Å². The molecule has 108 valence electrons. The molecule has 2 aromatic carbocycles. The summed E-state index contributed by atoms with van der Waals surface area (Å²) in [6.45, 7) is 0.235. The van der Waals surface area contributed by atoms with Crippen LogP contribution in [0.4, 0.5) is 4.39 Å². The number of rotatable bonds is 4. The van der Waals surface area contributed by atoms with Crippen molar-refractivity contribution in [3.05, 3.63) is 71.0 Å². The summed E-state index contributed by atoms with van der Waals surface area (Å²) in [5.41, 5.74) is 7.06. The first-order valence-electron chi connectivity index (χ1n) is 6.21. The summed E-state index contributed by atoms with van der Waals surface area (Å²) in [7, 11) is 0. The third-order valence-corrected chi connectivity index (χ3v) is 2.89. The third kappa shape index (κ3) is 3.79. The zero-order valence-electron chi connectivity index (χ0n) is 11.1. The van der Waals surface area contributed by atoms with Gasteiger partial charge in [0.05, 0.1) is 0 Å². The van der Waals surface area contributed by atoms with Gasteiger partial charge in [-0.2, -0.15) is 0 Å². The fourth-order valence-electron chi connectivity index (χ4n) is 1.78. The molecule has 0 fully saturated rings. The number of halogens is 1. The van der Waals surface area contributed by atoms with Gasteiger partial charge < -0.3 is 16.3 Å². The van der Waals surface area contributed by atoms with Crippen LogP contribution in [0.25, 0.3) is 0 Å². The van der Waals surface area contributed by atoms with Crippen LogP contribution in [0, 0.1) is 5.82 Å². The molecule has 0 saturated heterocycles. The average molecular weight is 287 g/mol. The lowest BCUT2D eigenvalue weighted by atomic mass is 10.1. The molecule has 21 heavy (non-hydrogen) atoms. The normalized spacial score (nSPS) is 11.2. The predicted octanol–water partition coefficient (Wildman–Crippen LogP) is 1.85. The van der Waals surface area contributed by atoms with Crippen molar-refractivity contribution in [3.8, 4) is 0 Å². The fourth-order valence-corrected chi connectivity index (χ4v) is 1.78. The summed E-state index contributed by atoms with van der Waals surface area (Å²) >= 11 is 0. The minimum absolute atomic E-state index is 0.0262. The number of oxime groups is 1. The van der Waals surface area contributed by atoms with Crippen molar-refractivity contribution in [1.82, 2.24) is 5.32 Å². The van der Waals surface area contributed by atoms with Gasteiger partial charge >= 0.3 is 0 Å². The van der Waals surface area contributed by atoms with E-state index in [-0.39, 0.29) is 24.1 Å². The summed E-state index contributed by atoms with van der Waals surface area (Å²) in [5.74, 6) is -0.656. The van der Waals surface area contributed by atoms with E-state index < -0.39 is 0 Å². The highest BCUT2D eigenvalue weighted by atomic mass is 19.1. The second-order valence-electron chi connectivity index (χ2n) is 4.38. The molecule has 5 nitrogen and oxygen atoms in total. The minimum Gasteiger partial charge on any atom is -0.409 e. The molecule has 0 saturated carbocycles. The van der Waals surface area contributed by atoms with E-state index in [0.717, 1.165) is 0 Å². The van der Waals surface area contributed by atoms with Crippen molar-refractivity contribution in [3.63, 3.8) is 0 Å². The Morgan fingerprint density at radius 2 is 1.86 bits per heavy atom. The number of nitrogens with zero attached hydrogens (tertiary/aromatic N) is 1. The number of hydrogen-bond acceptors (Lipinski definition) is 3. The molecule has 0 spiro atoms. The van der Waals surface area contributed by atoms with Gasteiger partial charge in [0.1, 0.15) is 5.82 Å². The Balaban J connectivity index is 2.00. The topological polar surface area (TPSA) is 87.7 Å². The lowest BCUT2D eigenvalue weighted by Crippen LogP contribution is -2.23. The van der Waals surface area contributed by atoms with Crippen LogP contribution >= 0.6 is 0 Å². The summed E-state index contributed by atoms with van der Waals surface area (Å²) in [5, 5.41) is 14.1. The zero-order chi connectivity index (χ0) is 15.2. The van der Waals surface area contributed by atoms with Gasteiger partial charge in [0.2, 0.25) is 0 Å². The standard InChI is InChI=1S/C15H14FN3O2/c16-13-3-1-2-10(8-13)9-18-15(20)12-6-4-11(5-7-12)14(17)19-21/h1-8,21H,9H2,(H2,17,19)(H,18,20). The third-order valence-electron chi connectivity index (χ3n) is 2.89. The van der Waals surface area contributed by atoms with E-state index in [1.54, 1.807) is 36.4 Å². The van der Waals surface area contributed by atoms with Gasteiger partial charge in [0, 0.05) is 17.7 Å². The van der Waals surface area contributed by atoms with Crippen molar-refractivity contribution in [2.24, 2.45) is 10.9 Å². The first kappa shape index (κ1) is 14.5. The fraction of sp³-hybridized carbons (Fsp3) is 0.0667. The molecule has 0 atom stereocenters. The lowest BCUT2D eigenvalue weighted by molar-refractivity contribution is 0.0951. The highest BCUT2D eigenvalue weighted by molar-refractivity contribution is 5.99. The van der Waals surface area contributed by atoms with Gasteiger partial charge in [-0.3, -0.25) is 4.79 Å². The van der Waals surface area contributed by atoms with Crippen LogP contribution in [0.2, 0.25) is 0 Å². The second kappa shape index (κ2) is 6.51. The van der Waals surface area contributed by atoms with Crippen LogP contribution in [0.1, 0.15) is 21.5 Å². The monoisotopic (exact) mass is 287 g/mol. The van der Waals surface area contributed by atoms with Crippen molar-refractivity contribution < 1.29 is 14.4 Å². The number of nitrogens with one attached hydrogen (secondary N) is 1. The van der Waals surface area contributed by atoms with Crippen LogP contribution < -0.4 is 11.1 Å². The molecule has 0 bridgehead atoms. The first-order chi connectivity index (χ1) is 10.1. The van der Waals surface area contributed by atoms with Gasteiger partial charge in [-0.15, -0.1) is 0 Å². The predicted molar refractivity (Wildman–Crippen MR) is 76.5 cm³/mol. The zero-order valence-corrected chi connectivity index (χ0v) is 11.1. The number of hydrogen-bond donors (Lipinski definition) is 3. The van der Waals surface area contributed by atoms with E-state index in [0.29, 0.717) is 16.7 Å². The van der Waals surface area contributed by atoms with E-state index in [9.17, 15) is 9.18 Å². The molecule has 1 amide bonds. The molecule has 4 N–H and O–H groups in total. The molecule has 2 aromatic rings. The lowest BCUT2D eigenvalue weighted by Gasteiger charge is -2.06. The highest BCUT2D eigenvalue weighted by Gasteiger charge is 2.06. The van der Waals surface area contributed by atoms with Crippen LogP contribution in [-0.2, 0) is 6.54 Å². The molecule has 0 aliphatic carbocycles. The molecule has 0 unspecified atom stereocenters. The van der Waals surface area contributed by atoms with Crippen molar-refractivity contribution in [2.45, 2.75) is 6.54 Å². The van der Waals surface area contributed by atoms with E-state index in [1.165, 1.54) is 12.1 Å². The van der Waals surface area contributed by atoms with Gasteiger partial charge in [-0.1, -0.05) is 29.4 Å². The largest absolute Gasteiger partial charge is 0.409 e. The Hall–Kier alpha value is -2.89. The van der Waals surface area contributed by atoms with Gasteiger partial charge in [-0.05, 0) is 29.8 Å². The van der Waals surface area contributed by atoms with Crippen molar-refractivity contribution in [1.29, 1.82) is 0 Å². The Morgan fingerprint density at radius 1 is 1.19 bits per heavy atom. The van der Waals surface area contributed by atoms with Gasteiger partial charge in [-0.25, -0.2) is 4.39 Å². The number of amidine groups is 1. The Morgan fingerprint density at radius 3 is 2.48 bits per heavy atom. The molecule has 6 heteroatoms. The average Bonchev–Trinajstić information content (AvgIpc) is 2.52. The Bertz CT molecular complexity index is 669. The maximum atomic E-state index is 13.0. The number of benzene rings is 2. The second-order valence-corrected chi connectivity index (χ2v) is 4.38. The minimum atomic E-state index is -0.343. The SMILES string of the molecule is N/C(=N\O)c1ccc(C(=O)NCc2cccc(F)c2)cc1. The maximum Gasteiger partial charge on any atom is 0.251 e. The molecular weight excluding hydrogens is 273 g/mol. The molecular formula is C15H14FN3O2. The van der Waals surface area contributed by atoms with Crippen LogP contribution in [0.3, 0.4) is 0 Å². The summed E-state index contributed by atoms with van der Waals surface area (Å²) < 4.78 is 13.0. The molecule has 2 rings (SSSR count). The van der Waals surface area contributed by atoms with Crippen molar-refractivity contribution >= 4 is 11.7 Å². The number of carbonyl (C=O) groups excluding carboxylic acids is 1. The first-order valence-corrected chi connectivity index (χ1v) is 6.21. The quantitative estimate of drug-likeness (QED) is 0.347. The number of nitrogens with two attached hydrogens (primary N) is 1. The van der Waals surface area contributed by atoms with E-state index in [2.05, 4.69) is 10.5 Å². The van der Waals surface area contributed by atoms with Crippen LogP contribution in [0.5, 0.6) is 0 Å². The van der Waals surface area contributed by atoms with E-state index in [4.69, 9.17) is 10.9 Å². The van der Waals surface area contributed by atoms with E-state index >= 15 is 0 Å². The maximum absolute atomic E-state index is 13.0. The molecule has 0 aromatic heterocycles. The number of amides is 1. The number of carbonyl (C=O) groups is 1. The van der Waals surface area contributed by atoms with Crippen molar-refractivity contribution in [2.75, 3.05) is 0 Å². The molecule has 0 aliphatic heterocycles. The summed E-state index contributed by atoms with van der Waals surface area (Å²) in [6.07, 6.45) is 0. The van der Waals surface area contributed by atoms with Gasteiger partial charge in [0.25, 0.3) is 5.91 Å². The summed E-state index contributed by atoms with van der Waals surface area (Å²) in [4.78, 5) is 11.9. The smallest absolute Gasteiger partial charge is 0.251 e. The molecule has 0 heterocycles. The summed E-state index contributed by atoms with van der Waals surface area (Å²) in [6, 6.07) is 12.3. The van der Waals surface area contributed by atoms with Crippen LogP contribution in [0.15, 0.2) is 53.7 Å².